The molecule has 0 aliphatic heterocycles. The first-order valence-electron chi connectivity index (χ1n) is 7.32. The Balaban J connectivity index is 3.15. The molecule has 6 nitrogen and oxygen atoms in total. The summed E-state index contributed by atoms with van der Waals surface area (Å²) >= 11 is 7.14. The molecule has 0 aliphatic rings. The van der Waals surface area contributed by atoms with Gasteiger partial charge in [-0.3, -0.25) is 9.63 Å². The van der Waals surface area contributed by atoms with Crippen LogP contribution in [-0.4, -0.2) is 39.0 Å². The van der Waals surface area contributed by atoms with E-state index in [1.54, 1.807) is 13.2 Å². The molecule has 1 amide bonds. The number of alkyl halides is 3. The largest absolute Gasteiger partial charge is 0.416 e. The highest BCUT2D eigenvalue weighted by Gasteiger charge is 2.34. The predicted octanol–water partition coefficient (Wildman–Crippen LogP) is 2.83. The van der Waals surface area contributed by atoms with Crippen LogP contribution in [0.3, 0.4) is 0 Å². The Morgan fingerprint density at radius 1 is 1.38 bits per heavy atom. The number of amides is 1. The molecule has 1 aromatic carbocycles. The molecule has 0 bridgehead atoms. The van der Waals surface area contributed by atoms with E-state index in [2.05, 4.69) is 10.2 Å². The molecule has 0 aromatic heterocycles. The number of rotatable bonds is 9. The highest BCUT2D eigenvalue weighted by molar-refractivity contribution is 7.98. The second-order valence-corrected chi connectivity index (χ2v) is 8.07. The van der Waals surface area contributed by atoms with Gasteiger partial charge in [0.25, 0.3) is 5.91 Å². The summed E-state index contributed by atoms with van der Waals surface area (Å²) in [7, 11) is -4.48. The van der Waals surface area contributed by atoms with Crippen LogP contribution in [0.4, 0.5) is 13.2 Å². The average Bonchev–Trinajstić information content (AvgIpc) is 2.55. The summed E-state index contributed by atoms with van der Waals surface area (Å²) in [5.74, 6) is -0.323. The lowest BCUT2D eigenvalue weighted by molar-refractivity contribution is -0.138. The molecule has 0 aliphatic carbocycles. The minimum atomic E-state index is -4.74. The van der Waals surface area contributed by atoms with Crippen LogP contribution >= 0.6 is 23.4 Å². The van der Waals surface area contributed by atoms with E-state index in [-0.39, 0.29) is 18.1 Å². The van der Waals surface area contributed by atoms with Crippen molar-refractivity contribution in [3.05, 3.63) is 28.8 Å². The zero-order valence-corrected chi connectivity index (χ0v) is 16.3. The molecule has 1 aromatic rings. The van der Waals surface area contributed by atoms with E-state index in [1.165, 1.54) is 11.8 Å². The number of thioether (sulfide) groups is 1. The molecular weight excluding hydrogens is 417 g/mol. The number of hydrogen-bond donors (Lipinski definition) is 2. The van der Waals surface area contributed by atoms with Gasteiger partial charge in [-0.1, -0.05) is 11.6 Å². The van der Waals surface area contributed by atoms with Crippen molar-refractivity contribution in [2.75, 3.05) is 18.6 Å². The summed E-state index contributed by atoms with van der Waals surface area (Å²) in [6, 6.07) is 0.714. The summed E-state index contributed by atoms with van der Waals surface area (Å²) in [6.07, 6.45) is -2.87. The minimum absolute atomic E-state index is 0.107. The SMILES string of the molecule is CCONC(=O)[C@H](CCSC)NS(=O)(=O)c1cc(C(F)(F)F)ccc1Cl. The fourth-order valence-electron chi connectivity index (χ4n) is 1.83. The van der Waals surface area contributed by atoms with Crippen LogP contribution in [0.1, 0.15) is 18.9 Å². The normalized spacial score (nSPS) is 13.5. The van der Waals surface area contributed by atoms with E-state index in [4.69, 9.17) is 16.4 Å². The molecule has 26 heavy (non-hydrogen) atoms. The van der Waals surface area contributed by atoms with E-state index in [0.717, 1.165) is 6.07 Å². The highest BCUT2D eigenvalue weighted by atomic mass is 35.5. The maximum absolute atomic E-state index is 12.8. The Bertz CT molecular complexity index is 729. The van der Waals surface area contributed by atoms with Crippen molar-refractivity contribution in [2.45, 2.75) is 30.5 Å². The molecule has 0 heterocycles. The van der Waals surface area contributed by atoms with Crippen molar-refractivity contribution in [1.29, 1.82) is 0 Å². The fraction of sp³-hybridized carbons (Fsp3) is 0.500. The molecule has 148 valence electrons. The molecule has 0 saturated heterocycles. The second-order valence-electron chi connectivity index (χ2n) is 5.00. The molecular formula is C14H18ClF3N2O4S2. The number of hydrogen-bond acceptors (Lipinski definition) is 5. The van der Waals surface area contributed by atoms with E-state index in [9.17, 15) is 26.4 Å². The Morgan fingerprint density at radius 2 is 2.04 bits per heavy atom. The molecule has 0 radical (unpaired) electrons. The maximum Gasteiger partial charge on any atom is 0.416 e. The van der Waals surface area contributed by atoms with Crippen molar-refractivity contribution in [1.82, 2.24) is 10.2 Å². The zero-order chi connectivity index (χ0) is 20.0. The van der Waals surface area contributed by atoms with E-state index in [1.807, 2.05) is 0 Å². The van der Waals surface area contributed by atoms with Crippen molar-refractivity contribution < 1.29 is 31.2 Å². The van der Waals surface area contributed by atoms with Crippen LogP contribution < -0.4 is 10.2 Å². The molecule has 1 rings (SSSR count). The summed E-state index contributed by atoms with van der Waals surface area (Å²) in [5, 5.41) is -0.390. The fourth-order valence-corrected chi connectivity index (χ4v) is 4.06. The monoisotopic (exact) mass is 434 g/mol. The number of sulfonamides is 1. The van der Waals surface area contributed by atoms with Crippen LogP contribution in [-0.2, 0) is 25.8 Å². The number of carbonyl (C=O) groups excluding carboxylic acids is 1. The molecule has 0 saturated carbocycles. The van der Waals surface area contributed by atoms with Crippen molar-refractivity contribution in [3.8, 4) is 0 Å². The summed E-state index contributed by atoms with van der Waals surface area (Å²) in [6.45, 7) is 1.77. The van der Waals surface area contributed by atoms with Gasteiger partial charge in [0.1, 0.15) is 10.9 Å². The van der Waals surface area contributed by atoms with Gasteiger partial charge in [0.2, 0.25) is 10.0 Å². The standard InChI is InChI=1S/C14H18ClF3N2O4S2/c1-3-24-19-13(21)11(6-7-25-2)20-26(22,23)12-8-9(14(16,17)18)4-5-10(12)15/h4-5,8,11,20H,3,6-7H2,1-2H3,(H,19,21)/t11-/m0/s1. The predicted molar refractivity (Wildman–Crippen MR) is 93.3 cm³/mol. The molecule has 0 fully saturated rings. The van der Waals surface area contributed by atoms with Gasteiger partial charge in [-0.2, -0.15) is 29.7 Å². The molecule has 1 atom stereocenters. The van der Waals surface area contributed by atoms with E-state index >= 15 is 0 Å². The molecule has 2 N–H and O–H groups in total. The van der Waals surface area contributed by atoms with Crippen molar-refractivity contribution in [3.63, 3.8) is 0 Å². The van der Waals surface area contributed by atoms with Gasteiger partial charge in [-0.25, -0.2) is 13.9 Å². The molecule has 12 heteroatoms. The van der Waals surface area contributed by atoms with Gasteiger partial charge in [0.15, 0.2) is 0 Å². The minimum Gasteiger partial charge on any atom is -0.274 e. The van der Waals surface area contributed by atoms with Crippen molar-refractivity contribution >= 4 is 39.3 Å². The Kier molecular flexibility index (Phi) is 8.67. The van der Waals surface area contributed by atoms with Crippen molar-refractivity contribution in [2.24, 2.45) is 0 Å². The quantitative estimate of drug-likeness (QED) is 0.584. The Labute approximate surface area is 158 Å². The van der Waals surface area contributed by atoms with Gasteiger partial charge >= 0.3 is 6.18 Å². The lowest BCUT2D eigenvalue weighted by Crippen LogP contribution is -2.47. The van der Waals surface area contributed by atoms with Crippen LogP contribution in [0.2, 0.25) is 5.02 Å². The van der Waals surface area contributed by atoms with Gasteiger partial charge in [0.05, 0.1) is 17.2 Å². The molecule has 0 spiro atoms. The van der Waals surface area contributed by atoms with Gasteiger partial charge < -0.3 is 0 Å². The summed E-state index contributed by atoms with van der Waals surface area (Å²) < 4.78 is 65.6. The smallest absolute Gasteiger partial charge is 0.274 e. The third-order valence-corrected chi connectivity index (χ3v) is 5.69. The first-order valence-corrected chi connectivity index (χ1v) is 10.6. The highest BCUT2D eigenvalue weighted by Crippen LogP contribution is 2.33. The lowest BCUT2D eigenvalue weighted by Gasteiger charge is -2.19. The topological polar surface area (TPSA) is 84.5 Å². The number of carbonyl (C=O) groups is 1. The number of hydroxylamine groups is 1. The average molecular weight is 435 g/mol. The lowest BCUT2D eigenvalue weighted by atomic mass is 10.2. The number of benzene rings is 1. The number of halogens is 4. The Morgan fingerprint density at radius 3 is 2.58 bits per heavy atom. The first kappa shape index (κ1) is 23.0. The second kappa shape index (κ2) is 9.79. The summed E-state index contributed by atoms with van der Waals surface area (Å²) in [4.78, 5) is 16.0. The van der Waals surface area contributed by atoms with Crippen LogP contribution in [0, 0.1) is 0 Å². The third-order valence-electron chi connectivity index (χ3n) is 3.09. The maximum atomic E-state index is 12.8. The van der Waals surface area contributed by atoms with E-state index in [0.29, 0.717) is 17.9 Å². The third kappa shape index (κ3) is 6.62. The van der Waals surface area contributed by atoms with Gasteiger partial charge in [0, 0.05) is 0 Å². The van der Waals surface area contributed by atoms with Crippen LogP contribution in [0.15, 0.2) is 23.1 Å². The zero-order valence-electron chi connectivity index (χ0n) is 13.9. The van der Waals surface area contributed by atoms with Gasteiger partial charge in [-0.05, 0) is 43.6 Å². The van der Waals surface area contributed by atoms with Gasteiger partial charge in [-0.15, -0.1) is 0 Å². The first-order chi connectivity index (χ1) is 12.0. The van der Waals surface area contributed by atoms with Crippen LogP contribution in [0.25, 0.3) is 0 Å². The number of nitrogens with one attached hydrogen (secondary N) is 2. The Hall–Kier alpha value is -1.01. The molecule has 0 unspecified atom stereocenters. The van der Waals surface area contributed by atoms with Crippen LogP contribution in [0.5, 0.6) is 0 Å². The summed E-state index contributed by atoms with van der Waals surface area (Å²) in [5.41, 5.74) is 0.912. The van der Waals surface area contributed by atoms with E-state index < -0.39 is 38.6 Å².